The van der Waals surface area contributed by atoms with Crippen LogP contribution in [0.5, 0.6) is 0 Å². The van der Waals surface area contributed by atoms with Gasteiger partial charge >= 0.3 is 6.03 Å². The van der Waals surface area contributed by atoms with Crippen LogP contribution in [0.25, 0.3) is 0 Å². The maximum atomic E-state index is 11.9. The number of nitrogens with one attached hydrogen (secondary N) is 2. The Kier molecular flexibility index (Phi) is 5.25. The molecule has 8 heteroatoms. The number of aromatic nitrogens is 1. The summed E-state index contributed by atoms with van der Waals surface area (Å²) in [5.41, 5.74) is 1.35. The van der Waals surface area contributed by atoms with E-state index in [4.69, 9.17) is 34.8 Å². The molecule has 0 atom stereocenters. The van der Waals surface area contributed by atoms with E-state index in [1.54, 1.807) is 18.2 Å². The highest BCUT2D eigenvalue weighted by atomic mass is 35.5. The molecule has 110 valence electrons. The Labute approximate surface area is 135 Å². The lowest BCUT2D eigenvalue weighted by Crippen LogP contribution is -2.20. The van der Waals surface area contributed by atoms with Gasteiger partial charge < -0.3 is 15.7 Å². The number of carbonyl (C=O) groups excluding carboxylic acids is 1. The second-order valence-corrected chi connectivity index (χ2v) is 5.25. The molecule has 3 N–H and O–H groups in total. The van der Waals surface area contributed by atoms with E-state index in [1.807, 2.05) is 0 Å². The molecule has 0 bridgehead atoms. The topological polar surface area (TPSA) is 74.2 Å². The van der Waals surface area contributed by atoms with Crippen molar-refractivity contribution in [2.24, 2.45) is 0 Å². The van der Waals surface area contributed by atoms with Crippen LogP contribution in [-0.2, 0) is 6.61 Å². The van der Waals surface area contributed by atoms with Crippen molar-refractivity contribution in [3.63, 3.8) is 0 Å². The van der Waals surface area contributed by atoms with Crippen LogP contribution in [-0.4, -0.2) is 16.1 Å². The predicted octanol–water partition coefficient (Wildman–Crippen LogP) is 4.18. The van der Waals surface area contributed by atoms with Crippen LogP contribution in [0.3, 0.4) is 0 Å². The highest BCUT2D eigenvalue weighted by molar-refractivity contribution is 6.33. The number of halogens is 3. The number of anilines is 2. The number of nitrogens with zero attached hydrogens (tertiary/aromatic N) is 1. The number of hydrogen-bond donors (Lipinski definition) is 3. The van der Waals surface area contributed by atoms with Crippen molar-refractivity contribution in [2.75, 3.05) is 10.6 Å². The number of amides is 2. The molecule has 0 saturated carbocycles. The molecule has 21 heavy (non-hydrogen) atoms. The van der Waals surface area contributed by atoms with Crippen molar-refractivity contribution in [2.45, 2.75) is 6.61 Å². The molecule has 1 aromatic heterocycles. The first-order chi connectivity index (χ1) is 9.97. The van der Waals surface area contributed by atoms with Crippen molar-refractivity contribution < 1.29 is 9.90 Å². The average Bonchev–Trinajstić information content (AvgIpc) is 2.37. The lowest BCUT2D eigenvalue weighted by Gasteiger charge is -2.11. The van der Waals surface area contributed by atoms with E-state index in [-0.39, 0.29) is 16.9 Å². The molecule has 1 aromatic carbocycles. The molecule has 0 aliphatic rings. The fraction of sp³-hybridized carbons (Fsp3) is 0.0769. The lowest BCUT2D eigenvalue weighted by molar-refractivity contribution is 0.262. The first-order valence-corrected chi connectivity index (χ1v) is 6.91. The second-order valence-electron chi connectivity index (χ2n) is 4.04. The third-order valence-corrected chi connectivity index (χ3v) is 3.13. The van der Waals surface area contributed by atoms with Crippen molar-refractivity contribution in [1.82, 2.24) is 4.98 Å². The van der Waals surface area contributed by atoms with E-state index in [0.717, 1.165) is 0 Å². The number of rotatable bonds is 3. The fourth-order valence-electron chi connectivity index (χ4n) is 1.62. The van der Waals surface area contributed by atoms with Crippen molar-refractivity contribution >= 4 is 52.2 Å². The summed E-state index contributed by atoms with van der Waals surface area (Å²) in [4.78, 5) is 15.7. The third-order valence-electron chi connectivity index (χ3n) is 2.51. The Bertz CT molecular complexity index is 659. The van der Waals surface area contributed by atoms with E-state index < -0.39 is 6.03 Å². The van der Waals surface area contributed by atoms with Gasteiger partial charge in [-0.1, -0.05) is 40.9 Å². The average molecular weight is 347 g/mol. The Morgan fingerprint density at radius 3 is 2.38 bits per heavy atom. The quantitative estimate of drug-likeness (QED) is 0.730. The zero-order valence-electron chi connectivity index (χ0n) is 10.5. The highest BCUT2D eigenvalue weighted by Crippen LogP contribution is 2.22. The summed E-state index contributed by atoms with van der Waals surface area (Å²) in [6.07, 6.45) is 0. The second kappa shape index (κ2) is 6.95. The number of aliphatic hydroxyl groups excluding tert-OH is 1. The number of benzene rings is 1. The standard InChI is InChI=1S/C13H10Cl3N3O2/c14-8-2-1-7(6-20)10(3-8)18-13(21)17-9-4-11(15)19-12(16)5-9/h1-5,20H,6H2,(H2,17,18,19,21). The van der Waals surface area contributed by atoms with E-state index in [0.29, 0.717) is 22.0 Å². The van der Waals surface area contributed by atoms with Gasteiger partial charge in [0.2, 0.25) is 0 Å². The third kappa shape index (κ3) is 4.47. The zero-order chi connectivity index (χ0) is 15.4. The first-order valence-electron chi connectivity index (χ1n) is 5.78. The smallest absolute Gasteiger partial charge is 0.323 e. The summed E-state index contributed by atoms with van der Waals surface area (Å²) in [5.74, 6) is 0. The molecule has 0 unspecified atom stereocenters. The molecule has 5 nitrogen and oxygen atoms in total. The Morgan fingerprint density at radius 2 is 1.76 bits per heavy atom. The maximum Gasteiger partial charge on any atom is 0.323 e. The minimum Gasteiger partial charge on any atom is -0.392 e. The summed E-state index contributed by atoms with van der Waals surface area (Å²) in [7, 11) is 0. The van der Waals surface area contributed by atoms with Gasteiger partial charge in [0.25, 0.3) is 0 Å². The molecular weight excluding hydrogens is 337 g/mol. The van der Waals surface area contributed by atoms with Crippen LogP contribution >= 0.6 is 34.8 Å². The summed E-state index contributed by atoms with van der Waals surface area (Å²) in [5, 5.41) is 15.1. The molecule has 0 aliphatic heterocycles. The summed E-state index contributed by atoms with van der Waals surface area (Å²) in [6.45, 7) is -0.223. The fourth-order valence-corrected chi connectivity index (χ4v) is 2.26. The highest BCUT2D eigenvalue weighted by Gasteiger charge is 2.08. The molecule has 2 aromatic rings. The van der Waals surface area contributed by atoms with Gasteiger partial charge in [0.15, 0.2) is 0 Å². The van der Waals surface area contributed by atoms with Crippen molar-refractivity contribution in [3.8, 4) is 0 Å². The minimum atomic E-state index is -0.523. The first kappa shape index (κ1) is 15.9. The number of aliphatic hydroxyl groups is 1. The van der Waals surface area contributed by atoms with Gasteiger partial charge in [-0.15, -0.1) is 0 Å². The summed E-state index contributed by atoms with van der Waals surface area (Å²) < 4.78 is 0. The Morgan fingerprint density at radius 1 is 1.10 bits per heavy atom. The summed E-state index contributed by atoms with van der Waals surface area (Å²) in [6, 6.07) is 7.18. The number of carbonyl (C=O) groups is 1. The normalized spacial score (nSPS) is 10.3. The van der Waals surface area contributed by atoms with Crippen LogP contribution in [0.2, 0.25) is 15.3 Å². The van der Waals surface area contributed by atoms with Gasteiger partial charge in [0.05, 0.1) is 6.61 Å². The molecular formula is C13H10Cl3N3O2. The minimum absolute atomic E-state index is 0.164. The van der Waals surface area contributed by atoms with Crippen LogP contribution in [0, 0.1) is 0 Å². The van der Waals surface area contributed by atoms with Crippen LogP contribution < -0.4 is 10.6 Å². The van der Waals surface area contributed by atoms with Crippen molar-refractivity contribution in [3.05, 3.63) is 51.2 Å². The maximum absolute atomic E-state index is 11.9. The summed E-state index contributed by atoms with van der Waals surface area (Å²) >= 11 is 17.4. The molecule has 1 heterocycles. The Balaban J connectivity index is 2.13. The SMILES string of the molecule is O=C(Nc1cc(Cl)nc(Cl)c1)Nc1cc(Cl)ccc1CO. The van der Waals surface area contributed by atoms with Crippen LogP contribution in [0.4, 0.5) is 16.2 Å². The number of urea groups is 1. The van der Waals surface area contributed by atoms with Crippen molar-refractivity contribution in [1.29, 1.82) is 0 Å². The largest absolute Gasteiger partial charge is 0.392 e. The number of pyridine rings is 1. The van der Waals surface area contributed by atoms with Crippen LogP contribution in [0.15, 0.2) is 30.3 Å². The Hall–Kier alpha value is -1.53. The van der Waals surface area contributed by atoms with Crippen LogP contribution in [0.1, 0.15) is 5.56 Å². The molecule has 2 rings (SSSR count). The van der Waals surface area contributed by atoms with E-state index in [9.17, 15) is 9.90 Å². The molecule has 0 radical (unpaired) electrons. The number of hydrogen-bond acceptors (Lipinski definition) is 3. The molecule has 0 spiro atoms. The van der Waals surface area contributed by atoms with E-state index in [2.05, 4.69) is 15.6 Å². The van der Waals surface area contributed by atoms with Gasteiger partial charge in [-0.2, -0.15) is 0 Å². The van der Waals surface area contributed by atoms with Gasteiger partial charge in [0.1, 0.15) is 10.3 Å². The van der Waals surface area contributed by atoms with Gasteiger partial charge in [-0.25, -0.2) is 9.78 Å². The monoisotopic (exact) mass is 345 g/mol. The lowest BCUT2D eigenvalue weighted by atomic mass is 10.2. The molecule has 0 aliphatic carbocycles. The van der Waals surface area contributed by atoms with E-state index in [1.165, 1.54) is 12.1 Å². The predicted molar refractivity (Wildman–Crippen MR) is 84.3 cm³/mol. The molecule has 0 fully saturated rings. The van der Waals surface area contributed by atoms with Gasteiger partial charge in [-0.05, 0) is 24.3 Å². The molecule has 2 amide bonds. The van der Waals surface area contributed by atoms with Gasteiger partial charge in [-0.3, -0.25) is 0 Å². The molecule has 0 saturated heterocycles. The zero-order valence-corrected chi connectivity index (χ0v) is 12.8. The van der Waals surface area contributed by atoms with Gasteiger partial charge in [0, 0.05) is 22.0 Å². The van der Waals surface area contributed by atoms with E-state index >= 15 is 0 Å².